The Morgan fingerprint density at radius 1 is 1.60 bits per heavy atom. The van der Waals surface area contributed by atoms with Gasteiger partial charge in [0.15, 0.2) is 0 Å². The molecule has 0 saturated heterocycles. The van der Waals surface area contributed by atoms with Gasteiger partial charge in [-0.15, -0.1) is 0 Å². The molecule has 0 radical (unpaired) electrons. The van der Waals surface area contributed by atoms with E-state index in [1.54, 1.807) is 12.4 Å². The van der Waals surface area contributed by atoms with Crippen molar-refractivity contribution in [2.45, 2.75) is 38.6 Å². The molecular weight excluding hydrogens is 188 g/mol. The molecule has 1 aromatic rings. The Kier molecular flexibility index (Phi) is 4.98. The molecular formula is C12H18N2O. The van der Waals surface area contributed by atoms with Gasteiger partial charge in [-0.1, -0.05) is 6.07 Å². The average Bonchev–Trinajstić information content (AvgIpc) is 2.18. The highest BCUT2D eigenvalue weighted by atomic mass is 16.1. The van der Waals surface area contributed by atoms with Gasteiger partial charge in [0.25, 0.3) is 0 Å². The maximum atomic E-state index is 11.5. The van der Waals surface area contributed by atoms with Crippen molar-refractivity contribution in [2.75, 3.05) is 0 Å². The van der Waals surface area contributed by atoms with Crippen LogP contribution in [0.1, 0.15) is 31.7 Å². The van der Waals surface area contributed by atoms with Gasteiger partial charge in [0.1, 0.15) is 5.78 Å². The molecule has 0 bridgehead atoms. The van der Waals surface area contributed by atoms with Crippen molar-refractivity contribution in [3.63, 3.8) is 0 Å². The standard InChI is InChI=1S/C12H18N2O/c1-10(13)4-2-6-12(15)8-11-5-3-7-14-9-11/h3,5,7,9-10H,2,4,6,8,13H2,1H3. The third kappa shape index (κ3) is 5.27. The van der Waals surface area contributed by atoms with E-state index in [1.807, 2.05) is 19.1 Å². The van der Waals surface area contributed by atoms with Crippen LogP contribution in [0.15, 0.2) is 24.5 Å². The number of hydrogen-bond acceptors (Lipinski definition) is 3. The van der Waals surface area contributed by atoms with E-state index in [0.717, 1.165) is 18.4 Å². The maximum absolute atomic E-state index is 11.5. The zero-order chi connectivity index (χ0) is 11.1. The lowest BCUT2D eigenvalue weighted by atomic mass is 10.0. The Labute approximate surface area is 90.7 Å². The Hall–Kier alpha value is -1.22. The minimum Gasteiger partial charge on any atom is -0.328 e. The van der Waals surface area contributed by atoms with Crippen LogP contribution in [0.3, 0.4) is 0 Å². The highest BCUT2D eigenvalue weighted by Gasteiger charge is 2.04. The van der Waals surface area contributed by atoms with Gasteiger partial charge in [0, 0.05) is 31.3 Å². The third-order valence-corrected chi connectivity index (χ3v) is 2.24. The number of pyridine rings is 1. The SMILES string of the molecule is CC(N)CCCC(=O)Cc1cccnc1. The molecule has 1 atom stereocenters. The second-order valence-electron chi connectivity index (χ2n) is 3.95. The van der Waals surface area contributed by atoms with Crippen molar-refractivity contribution in [1.82, 2.24) is 4.98 Å². The van der Waals surface area contributed by atoms with E-state index in [4.69, 9.17) is 5.73 Å². The van der Waals surface area contributed by atoms with Crippen LogP contribution in [0, 0.1) is 0 Å². The largest absolute Gasteiger partial charge is 0.328 e. The number of ketones is 1. The summed E-state index contributed by atoms with van der Waals surface area (Å²) in [7, 11) is 0. The summed E-state index contributed by atoms with van der Waals surface area (Å²) < 4.78 is 0. The molecule has 0 aliphatic carbocycles. The number of nitrogens with two attached hydrogens (primary N) is 1. The maximum Gasteiger partial charge on any atom is 0.137 e. The van der Waals surface area contributed by atoms with Crippen molar-refractivity contribution in [3.05, 3.63) is 30.1 Å². The Morgan fingerprint density at radius 2 is 2.40 bits per heavy atom. The van der Waals surface area contributed by atoms with Gasteiger partial charge in [-0.25, -0.2) is 0 Å². The lowest BCUT2D eigenvalue weighted by molar-refractivity contribution is -0.118. The number of carbonyl (C=O) groups is 1. The second-order valence-corrected chi connectivity index (χ2v) is 3.95. The summed E-state index contributed by atoms with van der Waals surface area (Å²) in [4.78, 5) is 15.5. The summed E-state index contributed by atoms with van der Waals surface area (Å²) in [5.41, 5.74) is 6.60. The van der Waals surface area contributed by atoms with Crippen LogP contribution in [0.25, 0.3) is 0 Å². The van der Waals surface area contributed by atoms with E-state index in [2.05, 4.69) is 4.98 Å². The lowest BCUT2D eigenvalue weighted by Crippen LogP contribution is -2.15. The monoisotopic (exact) mass is 206 g/mol. The molecule has 0 aromatic carbocycles. The van der Waals surface area contributed by atoms with E-state index in [1.165, 1.54) is 0 Å². The summed E-state index contributed by atoms with van der Waals surface area (Å²) in [6, 6.07) is 3.97. The van der Waals surface area contributed by atoms with E-state index in [0.29, 0.717) is 12.8 Å². The molecule has 0 amide bonds. The fourth-order valence-corrected chi connectivity index (χ4v) is 1.44. The van der Waals surface area contributed by atoms with Crippen molar-refractivity contribution in [3.8, 4) is 0 Å². The molecule has 0 aliphatic rings. The molecule has 3 nitrogen and oxygen atoms in total. The first-order chi connectivity index (χ1) is 7.18. The van der Waals surface area contributed by atoms with Gasteiger partial charge in [-0.05, 0) is 31.4 Å². The molecule has 0 fully saturated rings. The molecule has 2 N–H and O–H groups in total. The molecule has 82 valence electrons. The lowest BCUT2D eigenvalue weighted by Gasteiger charge is -2.03. The van der Waals surface area contributed by atoms with Crippen LogP contribution >= 0.6 is 0 Å². The molecule has 0 saturated carbocycles. The van der Waals surface area contributed by atoms with Crippen molar-refractivity contribution in [1.29, 1.82) is 0 Å². The molecule has 0 aliphatic heterocycles. The van der Waals surface area contributed by atoms with E-state index < -0.39 is 0 Å². The smallest absolute Gasteiger partial charge is 0.137 e. The third-order valence-electron chi connectivity index (χ3n) is 2.24. The fourth-order valence-electron chi connectivity index (χ4n) is 1.44. The van der Waals surface area contributed by atoms with Crippen LogP contribution in [-0.4, -0.2) is 16.8 Å². The molecule has 15 heavy (non-hydrogen) atoms. The Morgan fingerprint density at radius 3 is 3.00 bits per heavy atom. The summed E-state index contributed by atoms with van der Waals surface area (Å²) in [5.74, 6) is 0.267. The van der Waals surface area contributed by atoms with Crippen molar-refractivity contribution in [2.24, 2.45) is 5.73 Å². The predicted octanol–water partition coefficient (Wildman–Crippen LogP) is 1.71. The van der Waals surface area contributed by atoms with Gasteiger partial charge >= 0.3 is 0 Å². The molecule has 3 heteroatoms. The van der Waals surface area contributed by atoms with Gasteiger partial charge in [-0.2, -0.15) is 0 Å². The van der Waals surface area contributed by atoms with Crippen LogP contribution in [-0.2, 0) is 11.2 Å². The molecule has 0 spiro atoms. The topological polar surface area (TPSA) is 56.0 Å². The minimum absolute atomic E-state index is 0.191. The summed E-state index contributed by atoms with van der Waals surface area (Å²) >= 11 is 0. The number of carbonyl (C=O) groups excluding carboxylic acids is 1. The number of aromatic nitrogens is 1. The first kappa shape index (κ1) is 11.9. The molecule has 1 rings (SSSR count). The highest BCUT2D eigenvalue weighted by Crippen LogP contribution is 2.04. The first-order valence-electron chi connectivity index (χ1n) is 5.34. The summed E-state index contributed by atoms with van der Waals surface area (Å²) in [5, 5.41) is 0. The van der Waals surface area contributed by atoms with Crippen molar-refractivity contribution >= 4 is 5.78 Å². The van der Waals surface area contributed by atoms with Gasteiger partial charge in [0.05, 0.1) is 0 Å². The number of rotatable bonds is 6. The van der Waals surface area contributed by atoms with Crippen LogP contribution in [0.4, 0.5) is 0 Å². The van der Waals surface area contributed by atoms with Crippen LogP contribution < -0.4 is 5.73 Å². The zero-order valence-electron chi connectivity index (χ0n) is 9.15. The quantitative estimate of drug-likeness (QED) is 0.771. The van der Waals surface area contributed by atoms with Crippen LogP contribution in [0.2, 0.25) is 0 Å². The normalized spacial score (nSPS) is 12.4. The minimum atomic E-state index is 0.191. The predicted molar refractivity (Wildman–Crippen MR) is 60.4 cm³/mol. The van der Waals surface area contributed by atoms with Gasteiger partial charge in [0.2, 0.25) is 0 Å². The summed E-state index contributed by atoms with van der Waals surface area (Å²) in [6.45, 7) is 1.96. The van der Waals surface area contributed by atoms with E-state index in [9.17, 15) is 4.79 Å². The molecule has 1 unspecified atom stereocenters. The highest BCUT2D eigenvalue weighted by molar-refractivity contribution is 5.80. The van der Waals surface area contributed by atoms with Crippen LogP contribution in [0.5, 0.6) is 0 Å². The van der Waals surface area contributed by atoms with Gasteiger partial charge in [-0.3, -0.25) is 9.78 Å². The van der Waals surface area contributed by atoms with E-state index in [-0.39, 0.29) is 11.8 Å². The Balaban J connectivity index is 2.25. The Bertz CT molecular complexity index is 296. The van der Waals surface area contributed by atoms with Gasteiger partial charge < -0.3 is 5.73 Å². The first-order valence-corrected chi connectivity index (χ1v) is 5.34. The number of nitrogens with zero attached hydrogens (tertiary/aromatic N) is 1. The average molecular weight is 206 g/mol. The zero-order valence-corrected chi connectivity index (χ0v) is 9.15. The van der Waals surface area contributed by atoms with Crippen molar-refractivity contribution < 1.29 is 4.79 Å². The number of Topliss-reactive ketones (excluding diaryl/α,β-unsaturated/α-hetero) is 1. The fraction of sp³-hybridized carbons (Fsp3) is 0.500. The molecule has 1 heterocycles. The number of hydrogen-bond donors (Lipinski definition) is 1. The summed E-state index contributed by atoms with van der Waals surface area (Å²) in [6.07, 6.45) is 6.37. The second kappa shape index (κ2) is 6.30. The molecule has 1 aromatic heterocycles. The van der Waals surface area contributed by atoms with E-state index >= 15 is 0 Å².